The average molecular weight is 325 g/mol. The molecule has 2 saturated heterocycles. The van der Waals surface area contributed by atoms with Crippen LogP contribution in [0.5, 0.6) is 0 Å². The van der Waals surface area contributed by atoms with Gasteiger partial charge < -0.3 is 14.2 Å². The van der Waals surface area contributed by atoms with E-state index >= 15 is 0 Å². The Hall–Kier alpha value is -1.60. The minimum Gasteiger partial charge on any atom is -0.348 e. The molecule has 1 aromatic heterocycles. The topological polar surface area (TPSA) is 106 Å². The van der Waals surface area contributed by atoms with E-state index in [0.717, 1.165) is 11.8 Å². The molecule has 0 aliphatic carbocycles. The lowest BCUT2D eigenvalue weighted by molar-refractivity contribution is -0.194. The van der Waals surface area contributed by atoms with Gasteiger partial charge in [0.05, 0.1) is 6.10 Å². The van der Waals surface area contributed by atoms with Crippen LogP contribution in [-0.2, 0) is 14.2 Å². The number of nitrogens with one attached hydrogen (secondary N) is 1. The van der Waals surface area contributed by atoms with Gasteiger partial charge in [0.15, 0.2) is 12.0 Å². The van der Waals surface area contributed by atoms with E-state index in [9.17, 15) is 9.59 Å². The van der Waals surface area contributed by atoms with Crippen LogP contribution in [0.2, 0.25) is 0 Å². The van der Waals surface area contributed by atoms with E-state index < -0.39 is 29.4 Å². The van der Waals surface area contributed by atoms with Crippen LogP contribution in [0.1, 0.15) is 20.1 Å². The fourth-order valence-corrected chi connectivity index (χ4v) is 3.27. The van der Waals surface area contributed by atoms with E-state index in [-0.39, 0.29) is 12.2 Å². The zero-order valence-electron chi connectivity index (χ0n) is 12.0. The minimum atomic E-state index is -0.793. The highest BCUT2D eigenvalue weighted by Gasteiger charge is 2.55. The summed E-state index contributed by atoms with van der Waals surface area (Å²) in [7, 11) is 0. The molecule has 2 fully saturated rings. The molecule has 1 N–H and O–H groups in total. The number of ether oxygens (including phenoxy) is 3. The van der Waals surface area contributed by atoms with Gasteiger partial charge in [-0.25, -0.2) is 4.79 Å². The first-order valence-corrected chi connectivity index (χ1v) is 7.73. The smallest absolute Gasteiger partial charge is 0.330 e. The average Bonchev–Trinajstić information content (AvgIpc) is 2.91. The van der Waals surface area contributed by atoms with Crippen molar-refractivity contribution >= 4 is 11.8 Å². The molecule has 4 atom stereocenters. The predicted molar refractivity (Wildman–Crippen MR) is 77.1 cm³/mol. The highest BCUT2D eigenvalue weighted by Crippen LogP contribution is 2.43. The van der Waals surface area contributed by atoms with Crippen LogP contribution in [0.4, 0.5) is 0 Å². The fourth-order valence-electron chi connectivity index (χ4n) is 2.76. The second-order valence-electron chi connectivity index (χ2n) is 5.55. The van der Waals surface area contributed by atoms with Crippen LogP contribution < -0.4 is 11.2 Å². The number of thiocyanates is 1. The van der Waals surface area contributed by atoms with E-state index in [4.69, 9.17) is 19.5 Å². The summed E-state index contributed by atoms with van der Waals surface area (Å²) >= 11 is 1.06. The van der Waals surface area contributed by atoms with Crippen molar-refractivity contribution in [3.8, 4) is 5.40 Å². The van der Waals surface area contributed by atoms with Gasteiger partial charge in [0.2, 0.25) is 0 Å². The zero-order chi connectivity index (χ0) is 15.9. The van der Waals surface area contributed by atoms with E-state index in [1.807, 2.05) is 5.40 Å². The summed E-state index contributed by atoms with van der Waals surface area (Å²) in [6.07, 6.45) is -0.569. The van der Waals surface area contributed by atoms with Crippen LogP contribution in [0.25, 0.3) is 0 Å². The van der Waals surface area contributed by atoms with E-state index in [2.05, 4.69) is 4.98 Å². The Morgan fingerprint density at radius 3 is 2.82 bits per heavy atom. The maximum atomic E-state index is 12.0. The van der Waals surface area contributed by atoms with Crippen LogP contribution in [0, 0.1) is 10.7 Å². The number of aromatic nitrogens is 2. The lowest BCUT2D eigenvalue weighted by atomic mass is 10.1. The van der Waals surface area contributed by atoms with Crippen LogP contribution in [0.3, 0.4) is 0 Å². The minimum absolute atomic E-state index is 0.375. The van der Waals surface area contributed by atoms with Crippen molar-refractivity contribution in [2.24, 2.45) is 0 Å². The summed E-state index contributed by atoms with van der Waals surface area (Å²) < 4.78 is 18.8. The van der Waals surface area contributed by atoms with Gasteiger partial charge >= 0.3 is 5.69 Å². The molecule has 2 aliphatic rings. The summed E-state index contributed by atoms with van der Waals surface area (Å²) in [5.74, 6) is -0.384. The maximum absolute atomic E-state index is 12.0. The molecule has 3 rings (SSSR count). The third-order valence-electron chi connectivity index (χ3n) is 3.56. The molecule has 0 aromatic carbocycles. The number of aromatic amines is 1. The molecule has 0 unspecified atom stereocenters. The molecule has 1 aromatic rings. The number of nitriles is 1. The summed E-state index contributed by atoms with van der Waals surface area (Å²) in [5, 5.41) is 10.7. The van der Waals surface area contributed by atoms with Crippen molar-refractivity contribution in [3.63, 3.8) is 0 Å². The molecule has 3 heterocycles. The number of H-pyrrole nitrogens is 1. The van der Waals surface area contributed by atoms with Crippen molar-refractivity contribution in [2.45, 2.75) is 44.2 Å². The van der Waals surface area contributed by atoms with Gasteiger partial charge in [0.1, 0.15) is 17.6 Å². The molecule has 0 bridgehead atoms. The van der Waals surface area contributed by atoms with Crippen molar-refractivity contribution in [3.05, 3.63) is 33.1 Å². The van der Waals surface area contributed by atoms with E-state index in [1.54, 1.807) is 13.8 Å². The molecule has 0 saturated carbocycles. The highest BCUT2D eigenvalue weighted by molar-refractivity contribution is 8.03. The first-order chi connectivity index (χ1) is 10.4. The third-order valence-corrected chi connectivity index (χ3v) is 4.19. The molecule has 0 spiro atoms. The number of thioether (sulfide) groups is 1. The van der Waals surface area contributed by atoms with E-state index in [1.165, 1.54) is 16.8 Å². The normalized spacial score (nSPS) is 32.6. The van der Waals surface area contributed by atoms with Crippen LogP contribution >= 0.6 is 11.8 Å². The standard InChI is InChI=1S/C13H15N3O5S/c1-13(2)20-9-7(5-22-6-14)19-11(10(9)21-13)16-4-3-8(17)15-12(16)18/h3-4,7,9-11H,5H2,1-2H3,(H,15,17,18)/t7-,9+,10+,11+/m0/s1. The highest BCUT2D eigenvalue weighted by atomic mass is 32.2. The van der Waals surface area contributed by atoms with Gasteiger partial charge in [0.25, 0.3) is 5.56 Å². The number of fused-ring (bicyclic) bond motifs is 1. The van der Waals surface area contributed by atoms with Gasteiger partial charge in [-0.3, -0.25) is 14.3 Å². The summed E-state index contributed by atoms with van der Waals surface area (Å²) in [6.45, 7) is 3.57. The van der Waals surface area contributed by atoms with Crippen LogP contribution in [0.15, 0.2) is 21.9 Å². The zero-order valence-corrected chi connectivity index (χ0v) is 12.8. The van der Waals surface area contributed by atoms with E-state index in [0.29, 0.717) is 5.75 Å². The molecular weight excluding hydrogens is 310 g/mol. The Kier molecular flexibility index (Phi) is 3.86. The third kappa shape index (κ3) is 2.70. The van der Waals surface area contributed by atoms with Crippen molar-refractivity contribution in [1.82, 2.24) is 9.55 Å². The monoisotopic (exact) mass is 325 g/mol. The Bertz CT molecular complexity index is 721. The largest absolute Gasteiger partial charge is 0.348 e. The van der Waals surface area contributed by atoms with Crippen LogP contribution in [-0.4, -0.2) is 39.4 Å². The molecule has 2 aliphatic heterocycles. The summed E-state index contributed by atoms with van der Waals surface area (Å²) in [6, 6.07) is 1.25. The number of hydrogen-bond acceptors (Lipinski definition) is 7. The summed E-state index contributed by atoms with van der Waals surface area (Å²) in [5.41, 5.74) is -1.05. The summed E-state index contributed by atoms with van der Waals surface area (Å²) in [4.78, 5) is 25.4. The number of hydrogen-bond donors (Lipinski definition) is 1. The fraction of sp³-hybridized carbons (Fsp3) is 0.615. The Labute approximate surface area is 130 Å². The molecule has 9 heteroatoms. The molecular formula is C13H15N3O5S. The molecule has 0 radical (unpaired) electrons. The van der Waals surface area contributed by atoms with Gasteiger partial charge in [-0.1, -0.05) is 0 Å². The lowest BCUT2D eigenvalue weighted by Gasteiger charge is -2.24. The SMILES string of the molecule is CC1(C)O[C@@H]2[C@H](O1)[C@H](CSC#N)O[C@H]2n1ccc(=O)[nH]c1=O. The first-order valence-electron chi connectivity index (χ1n) is 6.75. The second-order valence-corrected chi connectivity index (χ2v) is 6.35. The quantitative estimate of drug-likeness (QED) is 0.789. The van der Waals surface area contributed by atoms with Crippen molar-refractivity contribution < 1.29 is 14.2 Å². The number of rotatable bonds is 3. The maximum Gasteiger partial charge on any atom is 0.330 e. The van der Waals surface area contributed by atoms with Gasteiger partial charge in [-0.15, -0.1) is 0 Å². The predicted octanol–water partition coefficient (Wildman–Crippen LogP) is 0.168. The van der Waals surface area contributed by atoms with Gasteiger partial charge in [0, 0.05) is 18.0 Å². The Balaban J connectivity index is 1.93. The number of nitrogens with zero attached hydrogens (tertiary/aromatic N) is 2. The van der Waals surface area contributed by atoms with Crippen molar-refractivity contribution in [2.75, 3.05) is 5.75 Å². The Morgan fingerprint density at radius 2 is 2.14 bits per heavy atom. The molecule has 0 amide bonds. The second kappa shape index (κ2) is 5.55. The van der Waals surface area contributed by atoms with Crippen molar-refractivity contribution in [1.29, 1.82) is 5.26 Å². The lowest BCUT2D eigenvalue weighted by Crippen LogP contribution is -2.37. The Morgan fingerprint density at radius 1 is 1.41 bits per heavy atom. The van der Waals surface area contributed by atoms with Gasteiger partial charge in [-0.05, 0) is 25.6 Å². The molecule has 8 nitrogen and oxygen atoms in total. The molecule has 118 valence electrons. The molecule has 22 heavy (non-hydrogen) atoms. The first kappa shape index (κ1) is 15.3. The van der Waals surface area contributed by atoms with Gasteiger partial charge in [-0.2, -0.15) is 5.26 Å².